The molecule has 0 bridgehead atoms. The summed E-state index contributed by atoms with van der Waals surface area (Å²) in [5, 5.41) is 3.04. The second kappa shape index (κ2) is 8.14. The normalized spacial score (nSPS) is 15.7. The van der Waals surface area contributed by atoms with Crippen LogP contribution >= 0.6 is 0 Å². The summed E-state index contributed by atoms with van der Waals surface area (Å²) >= 11 is 0. The molecule has 0 unspecified atom stereocenters. The molecule has 2 heterocycles. The van der Waals surface area contributed by atoms with Crippen molar-refractivity contribution in [2.24, 2.45) is 0 Å². The molecule has 2 amide bonds. The van der Waals surface area contributed by atoms with Gasteiger partial charge in [0.1, 0.15) is 5.56 Å². The van der Waals surface area contributed by atoms with Gasteiger partial charge in [0.25, 0.3) is 5.91 Å². The molecule has 0 aliphatic carbocycles. The largest absolute Gasteiger partial charge is 0.360 e. The molecule has 0 atom stereocenters. The van der Waals surface area contributed by atoms with E-state index in [-0.39, 0.29) is 23.4 Å². The van der Waals surface area contributed by atoms with E-state index in [2.05, 4.69) is 22.1 Å². The third-order valence-electron chi connectivity index (χ3n) is 4.82. The Hall–Kier alpha value is -2.67. The van der Waals surface area contributed by atoms with Gasteiger partial charge in [-0.25, -0.2) is 0 Å². The average Bonchev–Trinajstić information content (AvgIpc) is 2.92. The molecule has 0 saturated carbocycles. The van der Waals surface area contributed by atoms with Gasteiger partial charge in [-0.15, -0.1) is 0 Å². The maximum atomic E-state index is 12.4. The fraction of sp³-hybridized carbons (Fsp3) is 0.421. The number of nitrogens with one attached hydrogen (secondary N) is 2. The van der Waals surface area contributed by atoms with Crippen molar-refractivity contribution in [3.8, 4) is 0 Å². The molecule has 0 spiro atoms. The van der Waals surface area contributed by atoms with Gasteiger partial charge in [-0.2, -0.15) is 0 Å². The quantitative estimate of drug-likeness (QED) is 0.849. The lowest BCUT2D eigenvalue weighted by molar-refractivity contribution is -0.130. The Balaban J connectivity index is 1.63. The van der Waals surface area contributed by atoms with Crippen molar-refractivity contribution in [3.05, 3.63) is 46.2 Å². The Morgan fingerprint density at radius 3 is 2.77 bits per heavy atom. The molecule has 138 valence electrons. The van der Waals surface area contributed by atoms with Crippen LogP contribution in [-0.4, -0.2) is 65.9 Å². The number of hydrogen-bond acceptors (Lipinski definition) is 4. The van der Waals surface area contributed by atoms with Crippen molar-refractivity contribution < 1.29 is 9.59 Å². The molecule has 3 rings (SSSR count). The minimum atomic E-state index is -0.532. The number of rotatable bonds is 4. The van der Waals surface area contributed by atoms with Crippen LogP contribution in [0.15, 0.2) is 35.3 Å². The van der Waals surface area contributed by atoms with Crippen molar-refractivity contribution in [1.82, 2.24) is 20.1 Å². The van der Waals surface area contributed by atoms with Crippen molar-refractivity contribution >= 4 is 22.7 Å². The molecule has 1 aromatic carbocycles. The van der Waals surface area contributed by atoms with Gasteiger partial charge in [-0.3, -0.25) is 14.4 Å². The Kier molecular flexibility index (Phi) is 5.68. The van der Waals surface area contributed by atoms with E-state index in [4.69, 9.17) is 0 Å². The van der Waals surface area contributed by atoms with E-state index in [9.17, 15) is 14.4 Å². The summed E-state index contributed by atoms with van der Waals surface area (Å²) in [6.07, 6.45) is 2.33. The van der Waals surface area contributed by atoms with Crippen molar-refractivity contribution in [3.63, 3.8) is 0 Å². The number of fused-ring (bicyclic) bond motifs is 1. The van der Waals surface area contributed by atoms with Crippen LogP contribution in [0.4, 0.5) is 0 Å². The van der Waals surface area contributed by atoms with E-state index in [1.54, 1.807) is 23.1 Å². The summed E-state index contributed by atoms with van der Waals surface area (Å²) in [5.74, 6) is -0.649. The average molecular weight is 356 g/mol. The van der Waals surface area contributed by atoms with Gasteiger partial charge in [0.15, 0.2) is 0 Å². The Labute approximate surface area is 152 Å². The summed E-state index contributed by atoms with van der Waals surface area (Å²) in [6, 6.07) is 7.02. The predicted molar refractivity (Wildman–Crippen MR) is 100 cm³/mol. The highest BCUT2D eigenvalue weighted by molar-refractivity contribution is 5.98. The highest BCUT2D eigenvalue weighted by Gasteiger charge is 2.20. The lowest BCUT2D eigenvalue weighted by Crippen LogP contribution is -2.42. The predicted octanol–water partition coefficient (Wildman–Crippen LogP) is 0.812. The van der Waals surface area contributed by atoms with Gasteiger partial charge in [0.2, 0.25) is 11.3 Å². The van der Waals surface area contributed by atoms with Crippen molar-refractivity contribution in [2.75, 3.05) is 39.3 Å². The number of para-hydroxylation sites is 1. The number of likely N-dealkylation sites (N-methyl/N-ethyl adjacent to an activating group) is 1. The molecule has 1 aliphatic heterocycles. The molecule has 1 aliphatic rings. The number of hydrogen-bond donors (Lipinski definition) is 2. The first kappa shape index (κ1) is 18.1. The summed E-state index contributed by atoms with van der Waals surface area (Å²) in [4.78, 5) is 44.2. The number of H-pyrrole nitrogens is 1. The molecule has 1 aromatic heterocycles. The smallest absolute Gasteiger partial charge is 0.257 e. The lowest BCUT2D eigenvalue weighted by Gasteiger charge is -2.21. The van der Waals surface area contributed by atoms with Crippen LogP contribution in [0, 0.1) is 0 Å². The fourth-order valence-electron chi connectivity index (χ4n) is 3.24. The van der Waals surface area contributed by atoms with Crippen LogP contribution in [0.2, 0.25) is 0 Å². The van der Waals surface area contributed by atoms with Gasteiger partial charge in [-0.05, 0) is 31.6 Å². The first-order valence-electron chi connectivity index (χ1n) is 8.99. The number of aromatic amines is 1. The second-order valence-electron chi connectivity index (χ2n) is 6.43. The molecular weight excluding hydrogens is 332 g/mol. The van der Waals surface area contributed by atoms with E-state index in [0.717, 1.165) is 26.1 Å². The zero-order valence-electron chi connectivity index (χ0n) is 15.0. The molecule has 1 saturated heterocycles. The van der Waals surface area contributed by atoms with Gasteiger partial charge in [0, 0.05) is 36.7 Å². The van der Waals surface area contributed by atoms with Crippen LogP contribution in [0.25, 0.3) is 10.9 Å². The minimum absolute atomic E-state index is 0.0181. The summed E-state index contributed by atoms with van der Waals surface area (Å²) < 4.78 is 0. The Morgan fingerprint density at radius 1 is 1.15 bits per heavy atom. The monoisotopic (exact) mass is 356 g/mol. The summed E-state index contributed by atoms with van der Waals surface area (Å²) in [5.41, 5.74) is 0.359. The molecular formula is C19H24N4O3. The molecule has 26 heavy (non-hydrogen) atoms. The van der Waals surface area contributed by atoms with Crippen LogP contribution in [0.3, 0.4) is 0 Å². The molecule has 2 N–H and O–H groups in total. The van der Waals surface area contributed by atoms with E-state index in [1.165, 1.54) is 6.20 Å². The highest BCUT2D eigenvalue weighted by Crippen LogP contribution is 2.07. The molecule has 7 nitrogen and oxygen atoms in total. The third-order valence-corrected chi connectivity index (χ3v) is 4.82. The maximum absolute atomic E-state index is 12.4. The zero-order valence-corrected chi connectivity index (χ0v) is 15.0. The number of benzene rings is 1. The van der Waals surface area contributed by atoms with E-state index < -0.39 is 5.91 Å². The van der Waals surface area contributed by atoms with Crippen molar-refractivity contribution in [2.45, 2.75) is 13.3 Å². The van der Waals surface area contributed by atoms with Gasteiger partial charge in [-0.1, -0.05) is 19.1 Å². The first-order chi connectivity index (χ1) is 12.6. The van der Waals surface area contributed by atoms with E-state index in [0.29, 0.717) is 24.0 Å². The number of carbonyl (C=O) groups is 2. The SMILES string of the molecule is CCN1CCCN(C(=O)CNC(=O)c2c[nH]c3ccccc3c2=O)CC1. The highest BCUT2D eigenvalue weighted by atomic mass is 16.2. The van der Waals surface area contributed by atoms with Crippen LogP contribution in [0.5, 0.6) is 0 Å². The van der Waals surface area contributed by atoms with Gasteiger partial charge < -0.3 is 20.1 Å². The maximum Gasteiger partial charge on any atom is 0.257 e. The standard InChI is InChI=1S/C19H24N4O3/c1-2-22-8-5-9-23(11-10-22)17(24)13-21-19(26)15-12-20-16-7-4-3-6-14(16)18(15)25/h3-4,6-7,12H,2,5,8-11,13H2,1H3,(H,20,25)(H,21,26). The Morgan fingerprint density at radius 2 is 1.96 bits per heavy atom. The fourth-order valence-corrected chi connectivity index (χ4v) is 3.24. The topological polar surface area (TPSA) is 85.5 Å². The number of amides is 2. The molecule has 2 aromatic rings. The molecule has 1 fully saturated rings. The minimum Gasteiger partial charge on any atom is -0.360 e. The number of pyridine rings is 1. The zero-order chi connectivity index (χ0) is 18.5. The lowest BCUT2D eigenvalue weighted by atomic mass is 10.1. The number of nitrogens with zero attached hydrogens (tertiary/aromatic N) is 2. The third kappa shape index (κ3) is 3.94. The number of carbonyl (C=O) groups excluding carboxylic acids is 2. The second-order valence-corrected chi connectivity index (χ2v) is 6.43. The summed E-state index contributed by atoms with van der Waals surface area (Å²) in [6.45, 7) is 6.18. The van der Waals surface area contributed by atoms with Gasteiger partial charge >= 0.3 is 0 Å². The van der Waals surface area contributed by atoms with Gasteiger partial charge in [0.05, 0.1) is 6.54 Å². The van der Waals surface area contributed by atoms with Crippen molar-refractivity contribution in [1.29, 1.82) is 0 Å². The first-order valence-corrected chi connectivity index (χ1v) is 8.99. The Bertz CT molecular complexity index is 861. The van der Waals surface area contributed by atoms with E-state index >= 15 is 0 Å². The molecule has 0 radical (unpaired) electrons. The van der Waals surface area contributed by atoms with Crippen LogP contribution in [-0.2, 0) is 4.79 Å². The van der Waals surface area contributed by atoms with Crippen LogP contribution < -0.4 is 10.7 Å². The van der Waals surface area contributed by atoms with E-state index in [1.807, 2.05) is 6.07 Å². The summed E-state index contributed by atoms with van der Waals surface area (Å²) in [7, 11) is 0. The molecule has 7 heteroatoms. The van der Waals surface area contributed by atoms with Crippen LogP contribution in [0.1, 0.15) is 23.7 Å². The number of aromatic nitrogens is 1.